The first-order valence-electron chi connectivity index (χ1n) is 14.1. The summed E-state index contributed by atoms with van der Waals surface area (Å²) in [5, 5.41) is 3.97. The number of aryl methyl sites for hydroxylation is 2. The molecule has 9 heteroatoms. The molecule has 0 unspecified atom stereocenters. The van der Waals surface area contributed by atoms with Gasteiger partial charge in [-0.15, -0.1) is 0 Å². The predicted molar refractivity (Wildman–Crippen MR) is 148 cm³/mol. The highest BCUT2D eigenvalue weighted by Gasteiger charge is 2.38. The van der Waals surface area contributed by atoms with Crippen LogP contribution in [-0.2, 0) is 14.8 Å². The van der Waals surface area contributed by atoms with Gasteiger partial charge >= 0.3 is 0 Å². The molecule has 3 aliphatic rings. The van der Waals surface area contributed by atoms with E-state index in [1.54, 1.807) is 13.0 Å². The van der Waals surface area contributed by atoms with Crippen molar-refractivity contribution < 1.29 is 17.7 Å². The maximum absolute atomic E-state index is 13.8. The number of nitrogens with zero attached hydrogens (tertiary/aromatic N) is 4. The van der Waals surface area contributed by atoms with Gasteiger partial charge in [0.25, 0.3) is 0 Å². The minimum atomic E-state index is -3.86. The van der Waals surface area contributed by atoms with E-state index in [-0.39, 0.29) is 29.0 Å². The summed E-state index contributed by atoms with van der Waals surface area (Å²) in [7, 11) is -3.86. The van der Waals surface area contributed by atoms with Crippen molar-refractivity contribution in [3.05, 3.63) is 46.8 Å². The van der Waals surface area contributed by atoms with Crippen LogP contribution < -0.4 is 0 Å². The normalized spacial score (nSPS) is 22.8. The van der Waals surface area contributed by atoms with Crippen LogP contribution in [0.15, 0.2) is 33.7 Å². The molecule has 0 spiro atoms. The topological polar surface area (TPSA) is 87.0 Å². The Morgan fingerprint density at radius 3 is 2.34 bits per heavy atom. The molecule has 1 saturated carbocycles. The predicted octanol–water partition coefficient (Wildman–Crippen LogP) is 4.34. The molecule has 5 rings (SSSR count). The van der Waals surface area contributed by atoms with Crippen molar-refractivity contribution in [1.82, 2.24) is 19.3 Å². The molecule has 8 nitrogen and oxygen atoms in total. The summed E-state index contributed by atoms with van der Waals surface area (Å²) in [5.74, 6) is -0.00319. The number of piperidine rings is 1. The van der Waals surface area contributed by atoms with Crippen molar-refractivity contribution in [2.75, 3.05) is 39.3 Å². The Morgan fingerprint density at radius 2 is 1.63 bits per heavy atom. The fourth-order valence-corrected chi connectivity index (χ4v) is 7.93. The smallest absolute Gasteiger partial charge is 0.248 e. The number of carbonyl (C=O) groups is 1. The van der Waals surface area contributed by atoms with Crippen LogP contribution >= 0.6 is 0 Å². The number of amides is 1. The van der Waals surface area contributed by atoms with Gasteiger partial charge in [0.2, 0.25) is 15.9 Å². The Bertz CT molecular complexity index is 1240. The van der Waals surface area contributed by atoms with Crippen molar-refractivity contribution >= 4 is 28.1 Å². The molecule has 2 aliphatic heterocycles. The first kappa shape index (κ1) is 27.1. The van der Waals surface area contributed by atoms with E-state index >= 15 is 0 Å². The Labute approximate surface area is 226 Å². The minimum absolute atomic E-state index is 0.0923. The van der Waals surface area contributed by atoms with E-state index in [0.717, 1.165) is 43.7 Å². The number of piperazine rings is 1. The number of carbonyl (C=O) groups excluding carboxylic acids is 1. The second-order valence-electron chi connectivity index (χ2n) is 11.1. The maximum Gasteiger partial charge on any atom is 0.248 e. The molecule has 2 saturated heterocycles. The fourth-order valence-electron chi connectivity index (χ4n) is 6.15. The number of aromatic nitrogens is 1. The molecule has 1 aromatic carbocycles. The highest BCUT2D eigenvalue weighted by atomic mass is 32.2. The van der Waals surface area contributed by atoms with Crippen LogP contribution in [0.3, 0.4) is 0 Å². The van der Waals surface area contributed by atoms with E-state index in [9.17, 15) is 13.2 Å². The number of sulfonamides is 1. The van der Waals surface area contributed by atoms with Crippen molar-refractivity contribution in [3.63, 3.8) is 0 Å². The largest absolute Gasteiger partial charge is 0.355 e. The number of hydrogen-bond acceptors (Lipinski definition) is 6. The number of benzene rings is 1. The lowest BCUT2D eigenvalue weighted by atomic mass is 9.93. The van der Waals surface area contributed by atoms with Crippen LogP contribution in [0.4, 0.5) is 0 Å². The highest BCUT2D eigenvalue weighted by Crippen LogP contribution is 2.30. The average molecular weight is 541 g/mol. The van der Waals surface area contributed by atoms with Crippen LogP contribution in [0.25, 0.3) is 12.2 Å². The molecule has 1 aromatic heterocycles. The van der Waals surface area contributed by atoms with Gasteiger partial charge in [0.05, 0.1) is 5.92 Å². The summed E-state index contributed by atoms with van der Waals surface area (Å²) in [6.07, 6.45) is 11.4. The second kappa shape index (κ2) is 11.7. The molecule has 1 atom stereocenters. The molecular formula is C29H40N4O4S. The first-order valence-corrected chi connectivity index (χ1v) is 15.5. The summed E-state index contributed by atoms with van der Waals surface area (Å²) < 4.78 is 34.4. The summed E-state index contributed by atoms with van der Waals surface area (Å²) >= 11 is 0. The molecular weight excluding hydrogens is 500 g/mol. The third kappa shape index (κ3) is 5.90. The minimum Gasteiger partial charge on any atom is -0.355 e. The van der Waals surface area contributed by atoms with Crippen LogP contribution in [-0.4, -0.2) is 78.9 Å². The molecule has 3 fully saturated rings. The van der Waals surface area contributed by atoms with E-state index < -0.39 is 10.0 Å². The number of rotatable bonds is 6. The zero-order valence-corrected chi connectivity index (χ0v) is 23.5. The van der Waals surface area contributed by atoms with Gasteiger partial charge in [-0.2, -0.15) is 4.31 Å². The van der Waals surface area contributed by atoms with Crippen molar-refractivity contribution in [2.24, 2.45) is 5.92 Å². The zero-order valence-electron chi connectivity index (χ0n) is 22.6. The van der Waals surface area contributed by atoms with Gasteiger partial charge in [-0.25, -0.2) is 8.42 Å². The molecule has 2 aromatic rings. The molecule has 1 amide bonds. The monoisotopic (exact) mass is 540 g/mol. The Kier molecular flexibility index (Phi) is 8.35. The quantitative estimate of drug-likeness (QED) is 0.542. The van der Waals surface area contributed by atoms with Gasteiger partial charge in [-0.3, -0.25) is 9.69 Å². The first-order chi connectivity index (χ1) is 18.3. The summed E-state index contributed by atoms with van der Waals surface area (Å²) in [4.78, 5) is 18.1. The molecule has 0 N–H and O–H groups in total. The van der Waals surface area contributed by atoms with Crippen LogP contribution in [0.1, 0.15) is 67.5 Å². The zero-order chi connectivity index (χ0) is 26.7. The van der Waals surface area contributed by atoms with Crippen LogP contribution in [0.5, 0.6) is 0 Å². The molecule has 1 aliphatic carbocycles. The molecule has 38 heavy (non-hydrogen) atoms. The van der Waals surface area contributed by atoms with E-state index in [1.807, 2.05) is 42.2 Å². The lowest BCUT2D eigenvalue weighted by molar-refractivity contribution is -0.138. The van der Waals surface area contributed by atoms with E-state index in [0.29, 0.717) is 24.7 Å². The second-order valence-corrected chi connectivity index (χ2v) is 12.9. The van der Waals surface area contributed by atoms with E-state index in [4.69, 9.17) is 4.52 Å². The summed E-state index contributed by atoms with van der Waals surface area (Å²) in [5.41, 5.74) is 2.43. The van der Waals surface area contributed by atoms with Crippen molar-refractivity contribution in [2.45, 2.75) is 69.7 Å². The van der Waals surface area contributed by atoms with Crippen molar-refractivity contribution in [1.29, 1.82) is 0 Å². The van der Waals surface area contributed by atoms with Gasteiger partial charge in [-0.05, 0) is 51.2 Å². The Morgan fingerprint density at radius 1 is 0.921 bits per heavy atom. The fraction of sp³-hybridized carbons (Fsp3) is 0.586. The highest BCUT2D eigenvalue weighted by molar-refractivity contribution is 7.89. The van der Waals surface area contributed by atoms with Gasteiger partial charge in [0.1, 0.15) is 5.69 Å². The van der Waals surface area contributed by atoms with Gasteiger partial charge in [0, 0.05) is 45.3 Å². The van der Waals surface area contributed by atoms with Crippen LogP contribution in [0.2, 0.25) is 0 Å². The van der Waals surface area contributed by atoms with Gasteiger partial charge in [-0.1, -0.05) is 60.3 Å². The van der Waals surface area contributed by atoms with Crippen molar-refractivity contribution in [3.8, 4) is 0 Å². The third-order valence-corrected chi connectivity index (χ3v) is 10.4. The van der Waals surface area contributed by atoms with Crippen LogP contribution in [0, 0.1) is 19.8 Å². The summed E-state index contributed by atoms with van der Waals surface area (Å²) in [6, 6.07) is 8.61. The Hall–Kier alpha value is -2.49. The molecule has 0 radical (unpaired) electrons. The molecule has 0 bridgehead atoms. The summed E-state index contributed by atoms with van der Waals surface area (Å²) in [6.45, 7) is 7.57. The molecule has 206 valence electrons. The van der Waals surface area contributed by atoms with Gasteiger partial charge < -0.3 is 9.42 Å². The third-order valence-electron chi connectivity index (χ3n) is 8.39. The SMILES string of the molecule is Cc1ccc(/C=C/c2onc(C)c2S(=O)(=O)N2CCC[C@H](C(=O)N3CCN(C4CCCCC4)CC3)C2)cc1. The molecule has 3 heterocycles. The lowest BCUT2D eigenvalue weighted by Crippen LogP contribution is -2.55. The lowest BCUT2D eigenvalue weighted by Gasteiger charge is -2.42. The standard InChI is InChI=1S/C29H40N4O4S/c1-22-10-12-24(13-11-22)14-15-27-28(23(2)30-37-27)38(35,36)33-16-6-7-25(21-33)29(34)32-19-17-31(18-20-32)26-8-4-3-5-9-26/h10-15,25-26H,3-9,16-21H2,1-2H3/b15-14+/t25-/m0/s1. The maximum atomic E-state index is 13.8. The average Bonchev–Trinajstić information content (AvgIpc) is 3.34. The van der Waals surface area contributed by atoms with Gasteiger partial charge in [0.15, 0.2) is 10.7 Å². The number of hydrogen-bond donors (Lipinski definition) is 0. The van der Waals surface area contributed by atoms with E-state index in [2.05, 4.69) is 10.1 Å². The Balaban J connectivity index is 1.25. The van der Waals surface area contributed by atoms with E-state index in [1.165, 1.54) is 36.4 Å².